The van der Waals surface area contributed by atoms with Gasteiger partial charge < -0.3 is 10.2 Å². The van der Waals surface area contributed by atoms with Crippen LogP contribution >= 0.6 is 0 Å². The van der Waals surface area contributed by atoms with E-state index in [2.05, 4.69) is 5.32 Å². The molecule has 0 saturated carbocycles. The van der Waals surface area contributed by atoms with E-state index in [-0.39, 0.29) is 17.8 Å². The van der Waals surface area contributed by atoms with Gasteiger partial charge in [0.1, 0.15) is 5.82 Å². The highest BCUT2D eigenvalue weighted by atomic mass is 19.1. The van der Waals surface area contributed by atoms with Crippen LogP contribution in [0.1, 0.15) is 17.2 Å². The third kappa shape index (κ3) is 2.73. The molecule has 0 bridgehead atoms. The summed E-state index contributed by atoms with van der Waals surface area (Å²) < 4.78 is 13.3. The van der Waals surface area contributed by atoms with Gasteiger partial charge in [-0.2, -0.15) is 0 Å². The molecule has 2 aliphatic heterocycles. The Morgan fingerprint density at radius 2 is 1.77 bits per heavy atom. The van der Waals surface area contributed by atoms with Crippen molar-refractivity contribution in [3.05, 3.63) is 82.8 Å². The van der Waals surface area contributed by atoms with Gasteiger partial charge >= 0.3 is 6.03 Å². The molecule has 0 aromatic heterocycles. The number of nitrogens with zero attached hydrogens (tertiary/aromatic N) is 2. The molecule has 0 spiro atoms. The first kappa shape index (κ1) is 16.3. The zero-order chi connectivity index (χ0) is 18.3. The Bertz CT molecular complexity index is 893. The van der Waals surface area contributed by atoms with Crippen LogP contribution in [0.2, 0.25) is 0 Å². The fourth-order valence-electron chi connectivity index (χ4n) is 3.46. The highest BCUT2D eigenvalue weighted by molar-refractivity contribution is 6.01. The van der Waals surface area contributed by atoms with E-state index in [1.807, 2.05) is 30.3 Å². The van der Waals surface area contributed by atoms with E-state index in [9.17, 15) is 14.0 Å². The number of hydrogen-bond acceptors (Lipinski definition) is 2. The Kier molecular flexibility index (Phi) is 3.95. The van der Waals surface area contributed by atoms with E-state index >= 15 is 0 Å². The van der Waals surface area contributed by atoms with Crippen molar-refractivity contribution in [2.75, 3.05) is 13.6 Å². The summed E-state index contributed by atoms with van der Waals surface area (Å²) in [6, 6.07) is 14.8. The first-order valence-corrected chi connectivity index (χ1v) is 8.40. The van der Waals surface area contributed by atoms with E-state index in [1.165, 1.54) is 17.0 Å². The maximum atomic E-state index is 13.3. The number of likely N-dealkylation sites (N-methyl/N-ethyl adjacent to an activating group) is 1. The highest BCUT2D eigenvalue weighted by Crippen LogP contribution is 2.36. The van der Waals surface area contributed by atoms with E-state index in [4.69, 9.17) is 0 Å². The second-order valence-electron chi connectivity index (χ2n) is 6.50. The molecule has 5 nitrogen and oxygen atoms in total. The molecule has 1 unspecified atom stereocenters. The van der Waals surface area contributed by atoms with Gasteiger partial charge in [0.25, 0.3) is 5.91 Å². The largest absolute Gasteiger partial charge is 0.329 e. The van der Waals surface area contributed by atoms with Gasteiger partial charge in [0.05, 0.1) is 23.9 Å². The number of amides is 3. The Balaban J connectivity index is 1.67. The Hall–Kier alpha value is -3.15. The fourth-order valence-corrected chi connectivity index (χ4v) is 3.46. The molecule has 6 heteroatoms. The van der Waals surface area contributed by atoms with Crippen LogP contribution in [0.25, 0.3) is 0 Å². The zero-order valence-electron chi connectivity index (χ0n) is 14.3. The second-order valence-corrected chi connectivity index (χ2v) is 6.50. The molecule has 1 N–H and O–H groups in total. The maximum absolute atomic E-state index is 13.3. The van der Waals surface area contributed by atoms with Gasteiger partial charge in [0.15, 0.2) is 0 Å². The van der Waals surface area contributed by atoms with Crippen LogP contribution in [-0.2, 0) is 11.3 Å². The number of nitrogens with one attached hydrogen (secondary N) is 1. The Labute approximate surface area is 150 Å². The normalized spacial score (nSPS) is 19.7. The molecule has 2 heterocycles. The highest BCUT2D eigenvalue weighted by Gasteiger charge is 2.42. The number of benzene rings is 2. The molecule has 0 fully saturated rings. The van der Waals surface area contributed by atoms with Crippen LogP contribution in [0.4, 0.5) is 9.18 Å². The molecule has 26 heavy (non-hydrogen) atoms. The molecule has 0 radical (unpaired) electrons. The SMILES string of the molecule is CN1C(=O)NC(c2ccc(F)cc2)C2=C1CN(Cc1ccccc1)C2=O. The minimum atomic E-state index is -0.567. The molecule has 3 amide bonds. The summed E-state index contributed by atoms with van der Waals surface area (Å²) in [6.07, 6.45) is 0. The lowest BCUT2D eigenvalue weighted by Gasteiger charge is -2.31. The van der Waals surface area contributed by atoms with Crippen molar-refractivity contribution in [2.45, 2.75) is 12.6 Å². The minimum absolute atomic E-state index is 0.106. The number of rotatable bonds is 3. The van der Waals surface area contributed by atoms with Crippen molar-refractivity contribution in [3.8, 4) is 0 Å². The standard InChI is InChI=1S/C20H18FN3O2/c1-23-16-12-24(11-13-5-3-2-4-6-13)19(25)17(16)18(22-20(23)26)14-7-9-15(21)10-8-14/h2-10,18H,11-12H2,1H3,(H,22,26). The van der Waals surface area contributed by atoms with Gasteiger partial charge in [-0.1, -0.05) is 42.5 Å². The maximum Gasteiger partial charge on any atom is 0.322 e. The van der Waals surface area contributed by atoms with Crippen molar-refractivity contribution in [3.63, 3.8) is 0 Å². The summed E-state index contributed by atoms with van der Waals surface area (Å²) >= 11 is 0. The van der Waals surface area contributed by atoms with Crippen LogP contribution in [0.3, 0.4) is 0 Å². The number of carbonyl (C=O) groups is 2. The van der Waals surface area contributed by atoms with Crippen LogP contribution < -0.4 is 5.32 Å². The van der Waals surface area contributed by atoms with Crippen molar-refractivity contribution in [2.24, 2.45) is 0 Å². The van der Waals surface area contributed by atoms with E-state index in [1.54, 1.807) is 24.1 Å². The molecule has 2 aliphatic rings. The molecular formula is C20H18FN3O2. The summed E-state index contributed by atoms with van der Waals surface area (Å²) in [6.45, 7) is 0.857. The first-order chi connectivity index (χ1) is 12.5. The van der Waals surface area contributed by atoms with Gasteiger partial charge in [-0.3, -0.25) is 9.69 Å². The summed E-state index contributed by atoms with van der Waals surface area (Å²) in [5.41, 5.74) is 2.97. The lowest BCUT2D eigenvalue weighted by atomic mass is 9.96. The molecule has 2 aromatic carbocycles. The summed E-state index contributed by atoms with van der Waals surface area (Å²) in [5.74, 6) is -0.462. The molecule has 4 rings (SSSR count). The quantitative estimate of drug-likeness (QED) is 0.925. The van der Waals surface area contributed by atoms with Crippen molar-refractivity contribution >= 4 is 11.9 Å². The third-order valence-electron chi connectivity index (χ3n) is 4.85. The van der Waals surface area contributed by atoms with Gasteiger partial charge in [-0.15, -0.1) is 0 Å². The van der Waals surface area contributed by atoms with Crippen molar-refractivity contribution in [1.29, 1.82) is 0 Å². The number of halogens is 1. The van der Waals surface area contributed by atoms with Crippen LogP contribution in [-0.4, -0.2) is 35.3 Å². The predicted octanol–water partition coefficient (Wildman–Crippen LogP) is 2.82. The number of hydrogen-bond donors (Lipinski definition) is 1. The van der Waals surface area contributed by atoms with E-state index in [0.717, 1.165) is 5.56 Å². The Morgan fingerprint density at radius 1 is 1.08 bits per heavy atom. The fraction of sp³-hybridized carbons (Fsp3) is 0.200. The van der Waals surface area contributed by atoms with Gasteiger partial charge in [0, 0.05) is 13.6 Å². The lowest BCUT2D eigenvalue weighted by molar-refractivity contribution is -0.126. The van der Waals surface area contributed by atoms with Crippen molar-refractivity contribution < 1.29 is 14.0 Å². The third-order valence-corrected chi connectivity index (χ3v) is 4.85. The minimum Gasteiger partial charge on any atom is -0.329 e. The lowest BCUT2D eigenvalue weighted by Crippen LogP contribution is -2.45. The van der Waals surface area contributed by atoms with E-state index < -0.39 is 6.04 Å². The van der Waals surface area contributed by atoms with Crippen LogP contribution in [0.15, 0.2) is 65.9 Å². The molecule has 0 aliphatic carbocycles. The van der Waals surface area contributed by atoms with E-state index in [0.29, 0.717) is 29.9 Å². The molecule has 2 aromatic rings. The average Bonchev–Trinajstić information content (AvgIpc) is 2.97. The van der Waals surface area contributed by atoms with Gasteiger partial charge in [0.2, 0.25) is 0 Å². The predicted molar refractivity (Wildman–Crippen MR) is 94.3 cm³/mol. The monoisotopic (exact) mass is 351 g/mol. The smallest absolute Gasteiger partial charge is 0.322 e. The molecule has 1 atom stereocenters. The van der Waals surface area contributed by atoms with Gasteiger partial charge in [-0.25, -0.2) is 9.18 Å². The summed E-state index contributed by atoms with van der Waals surface area (Å²) in [7, 11) is 1.66. The number of carbonyl (C=O) groups excluding carboxylic acids is 2. The molecule has 0 saturated heterocycles. The van der Waals surface area contributed by atoms with Gasteiger partial charge in [-0.05, 0) is 23.3 Å². The van der Waals surface area contributed by atoms with Crippen LogP contribution in [0.5, 0.6) is 0 Å². The second kappa shape index (κ2) is 6.29. The molecule has 132 valence electrons. The van der Waals surface area contributed by atoms with Crippen LogP contribution in [0, 0.1) is 5.82 Å². The molecular weight excluding hydrogens is 333 g/mol. The van der Waals surface area contributed by atoms with Crippen molar-refractivity contribution in [1.82, 2.24) is 15.1 Å². The first-order valence-electron chi connectivity index (χ1n) is 8.40. The zero-order valence-corrected chi connectivity index (χ0v) is 14.3. The summed E-state index contributed by atoms with van der Waals surface area (Å²) in [5, 5.41) is 2.85. The average molecular weight is 351 g/mol. The summed E-state index contributed by atoms with van der Waals surface area (Å²) in [4.78, 5) is 28.6. The number of urea groups is 1. The topological polar surface area (TPSA) is 52.7 Å². The Morgan fingerprint density at radius 3 is 2.46 bits per heavy atom.